The fourth-order valence-corrected chi connectivity index (χ4v) is 2.53. The summed E-state index contributed by atoms with van der Waals surface area (Å²) < 4.78 is 10.2. The third-order valence-corrected chi connectivity index (χ3v) is 4.09. The van der Waals surface area contributed by atoms with Crippen molar-refractivity contribution < 1.29 is 33.8 Å². The first kappa shape index (κ1) is 23.5. The van der Waals surface area contributed by atoms with Gasteiger partial charge in [0.2, 0.25) is 0 Å². The molecule has 1 aliphatic rings. The van der Waals surface area contributed by atoms with Crippen molar-refractivity contribution in [3.63, 3.8) is 0 Å². The van der Waals surface area contributed by atoms with E-state index in [0.717, 1.165) is 4.90 Å². The average molecular weight is 401 g/mol. The minimum absolute atomic E-state index is 0.0106. The van der Waals surface area contributed by atoms with Gasteiger partial charge in [-0.3, -0.25) is 4.79 Å². The molecule has 1 atom stereocenters. The highest BCUT2D eigenvalue weighted by Crippen LogP contribution is 2.18. The summed E-state index contributed by atoms with van der Waals surface area (Å²) >= 11 is 0. The normalized spacial score (nSPS) is 17.7. The maximum absolute atomic E-state index is 12.5. The van der Waals surface area contributed by atoms with Crippen LogP contribution in [0.4, 0.5) is 9.59 Å². The fourth-order valence-electron chi connectivity index (χ4n) is 2.53. The molecule has 10 nitrogen and oxygen atoms in total. The number of piperazine rings is 1. The number of nitrogens with one attached hydrogen (secondary N) is 1. The number of carboxylic acid groups (broad SMARTS) is 1. The number of carbonyl (C=O) groups excluding carboxylic acids is 3. The second-order valence-electron chi connectivity index (χ2n) is 8.24. The second kappa shape index (κ2) is 9.11. The number of aliphatic carboxylic acids is 1. The number of nitrogens with zero attached hydrogens (tertiary/aromatic N) is 2. The van der Waals surface area contributed by atoms with Crippen molar-refractivity contribution in [3.05, 3.63) is 0 Å². The Balaban J connectivity index is 2.75. The fraction of sp³-hybridized carbons (Fsp3) is 0.778. The highest BCUT2D eigenvalue weighted by atomic mass is 16.6. The first-order valence-electron chi connectivity index (χ1n) is 9.21. The molecule has 0 aliphatic carbocycles. The molecule has 0 bridgehead atoms. The van der Waals surface area contributed by atoms with E-state index < -0.39 is 41.1 Å². The Bertz CT molecular complexity index is 613. The summed E-state index contributed by atoms with van der Waals surface area (Å²) in [5.41, 5.74) is -1.66. The van der Waals surface area contributed by atoms with Gasteiger partial charge < -0.3 is 29.7 Å². The van der Waals surface area contributed by atoms with Crippen molar-refractivity contribution in [1.82, 2.24) is 15.1 Å². The van der Waals surface area contributed by atoms with Crippen LogP contribution in [0, 0.1) is 5.41 Å². The molecule has 1 rings (SSSR count). The number of carbonyl (C=O) groups is 4. The van der Waals surface area contributed by atoms with Gasteiger partial charge in [0.05, 0.1) is 18.6 Å². The number of esters is 1. The van der Waals surface area contributed by atoms with Crippen LogP contribution in [0.1, 0.15) is 41.5 Å². The summed E-state index contributed by atoms with van der Waals surface area (Å²) in [5.74, 6) is -1.69. The molecular formula is C18H31N3O7. The quantitative estimate of drug-likeness (QED) is 0.665. The summed E-state index contributed by atoms with van der Waals surface area (Å²) in [7, 11) is 0. The lowest BCUT2D eigenvalue weighted by molar-refractivity contribution is -0.153. The number of hydrogen-bond donors (Lipinski definition) is 2. The van der Waals surface area contributed by atoms with Crippen molar-refractivity contribution in [2.45, 2.75) is 53.2 Å². The van der Waals surface area contributed by atoms with Crippen LogP contribution >= 0.6 is 0 Å². The van der Waals surface area contributed by atoms with Crippen LogP contribution in [0.3, 0.4) is 0 Å². The van der Waals surface area contributed by atoms with Crippen molar-refractivity contribution >= 4 is 24.1 Å². The topological polar surface area (TPSA) is 125 Å². The largest absolute Gasteiger partial charge is 0.480 e. The van der Waals surface area contributed by atoms with Crippen LogP contribution < -0.4 is 5.32 Å². The first-order valence-corrected chi connectivity index (χ1v) is 9.21. The zero-order chi connectivity index (χ0) is 21.7. The standard InChI is InChI=1S/C18H31N3O7/c1-7-27-14(24)18(5,6)11-19-15(25)21-9-8-20(10-12(21)13(22)23)16(26)28-17(2,3)4/h12H,7-11H2,1-6H3,(H,19,25)(H,22,23)/t12-/m0/s1. The number of carboxylic acids is 1. The summed E-state index contributed by atoms with van der Waals surface area (Å²) in [6.45, 7) is 10.3. The lowest BCUT2D eigenvalue weighted by Gasteiger charge is -2.39. The van der Waals surface area contributed by atoms with E-state index >= 15 is 0 Å². The molecule has 1 aliphatic heterocycles. The predicted molar refractivity (Wildman–Crippen MR) is 99.7 cm³/mol. The molecule has 0 unspecified atom stereocenters. The van der Waals surface area contributed by atoms with E-state index in [9.17, 15) is 24.3 Å². The van der Waals surface area contributed by atoms with Crippen LogP contribution in [-0.2, 0) is 19.1 Å². The molecule has 0 aromatic carbocycles. The molecule has 1 heterocycles. The molecule has 0 aromatic rings. The summed E-state index contributed by atoms with van der Waals surface area (Å²) in [4.78, 5) is 50.7. The molecule has 0 saturated carbocycles. The monoisotopic (exact) mass is 401 g/mol. The average Bonchev–Trinajstić information content (AvgIpc) is 2.57. The molecular weight excluding hydrogens is 370 g/mol. The number of ether oxygens (including phenoxy) is 2. The van der Waals surface area contributed by atoms with Crippen molar-refractivity contribution in [2.75, 3.05) is 32.8 Å². The van der Waals surface area contributed by atoms with Crippen molar-refractivity contribution in [1.29, 1.82) is 0 Å². The molecule has 0 aromatic heterocycles. The van der Waals surface area contributed by atoms with E-state index in [-0.39, 0.29) is 32.8 Å². The van der Waals surface area contributed by atoms with Gasteiger partial charge in [0.1, 0.15) is 11.6 Å². The van der Waals surface area contributed by atoms with Crippen LogP contribution in [-0.4, -0.2) is 83.4 Å². The molecule has 160 valence electrons. The molecule has 0 radical (unpaired) electrons. The van der Waals surface area contributed by atoms with Gasteiger partial charge in [-0.2, -0.15) is 0 Å². The van der Waals surface area contributed by atoms with E-state index in [1.807, 2.05) is 0 Å². The molecule has 1 saturated heterocycles. The van der Waals surface area contributed by atoms with Gasteiger partial charge >= 0.3 is 24.1 Å². The molecule has 0 spiro atoms. The predicted octanol–water partition coefficient (Wildman–Crippen LogP) is 1.29. The summed E-state index contributed by atoms with van der Waals surface area (Å²) in [6, 6.07) is -1.83. The van der Waals surface area contributed by atoms with Gasteiger partial charge in [-0.1, -0.05) is 0 Å². The van der Waals surface area contributed by atoms with Gasteiger partial charge in [-0.05, 0) is 41.5 Å². The Morgan fingerprint density at radius 2 is 1.71 bits per heavy atom. The number of urea groups is 1. The maximum atomic E-state index is 12.5. The van der Waals surface area contributed by atoms with E-state index in [2.05, 4.69) is 5.32 Å². The highest BCUT2D eigenvalue weighted by molar-refractivity contribution is 5.84. The van der Waals surface area contributed by atoms with E-state index in [0.29, 0.717) is 0 Å². The van der Waals surface area contributed by atoms with Gasteiger partial charge in [-0.15, -0.1) is 0 Å². The van der Waals surface area contributed by atoms with Crippen molar-refractivity contribution in [3.8, 4) is 0 Å². The van der Waals surface area contributed by atoms with Gasteiger partial charge in [0, 0.05) is 19.6 Å². The van der Waals surface area contributed by atoms with Crippen LogP contribution in [0.5, 0.6) is 0 Å². The summed E-state index contributed by atoms with van der Waals surface area (Å²) in [5, 5.41) is 12.1. The Labute approximate surface area is 165 Å². The van der Waals surface area contributed by atoms with Crippen LogP contribution in [0.15, 0.2) is 0 Å². The minimum Gasteiger partial charge on any atom is -0.480 e. The van der Waals surface area contributed by atoms with Gasteiger partial charge in [-0.25, -0.2) is 14.4 Å². The number of rotatable bonds is 5. The zero-order valence-corrected chi connectivity index (χ0v) is 17.4. The van der Waals surface area contributed by atoms with E-state index in [4.69, 9.17) is 9.47 Å². The van der Waals surface area contributed by atoms with E-state index in [1.165, 1.54) is 4.90 Å². The Hall–Kier alpha value is -2.52. The van der Waals surface area contributed by atoms with Crippen LogP contribution in [0.25, 0.3) is 0 Å². The van der Waals surface area contributed by atoms with Gasteiger partial charge in [0.15, 0.2) is 0 Å². The second-order valence-corrected chi connectivity index (χ2v) is 8.24. The Morgan fingerprint density at radius 3 is 2.21 bits per heavy atom. The Morgan fingerprint density at radius 1 is 1.11 bits per heavy atom. The third kappa shape index (κ3) is 6.58. The minimum atomic E-state index is -1.23. The SMILES string of the molecule is CCOC(=O)C(C)(C)CNC(=O)N1CCN(C(=O)OC(C)(C)C)C[C@H]1C(=O)O. The van der Waals surface area contributed by atoms with E-state index in [1.54, 1.807) is 41.5 Å². The molecule has 2 N–H and O–H groups in total. The maximum Gasteiger partial charge on any atom is 0.410 e. The molecule has 3 amide bonds. The zero-order valence-electron chi connectivity index (χ0n) is 17.4. The number of amides is 3. The molecule has 1 fully saturated rings. The lowest BCUT2D eigenvalue weighted by atomic mass is 9.94. The number of hydrogen-bond acceptors (Lipinski definition) is 6. The smallest absolute Gasteiger partial charge is 0.410 e. The highest BCUT2D eigenvalue weighted by Gasteiger charge is 2.39. The lowest BCUT2D eigenvalue weighted by Crippen LogP contribution is -2.62. The Kier molecular flexibility index (Phi) is 7.66. The molecule has 28 heavy (non-hydrogen) atoms. The van der Waals surface area contributed by atoms with Gasteiger partial charge in [0.25, 0.3) is 0 Å². The molecule has 10 heteroatoms. The summed E-state index contributed by atoms with van der Waals surface area (Å²) in [6.07, 6.45) is -0.623. The third-order valence-electron chi connectivity index (χ3n) is 4.09. The first-order chi connectivity index (χ1) is 12.8. The van der Waals surface area contributed by atoms with Crippen molar-refractivity contribution in [2.24, 2.45) is 5.41 Å². The van der Waals surface area contributed by atoms with Crippen LogP contribution in [0.2, 0.25) is 0 Å².